The highest BCUT2D eigenvalue weighted by Crippen LogP contribution is 2.14. The molecular weight excluding hydrogens is 256 g/mol. The van der Waals surface area contributed by atoms with E-state index in [0.717, 1.165) is 32.6 Å². The average molecular weight is 281 g/mol. The van der Waals surface area contributed by atoms with E-state index in [1.54, 1.807) is 12.0 Å². The Hall–Kier alpha value is -0.360. The zero-order valence-corrected chi connectivity index (χ0v) is 12.1. The van der Waals surface area contributed by atoms with Gasteiger partial charge in [-0.2, -0.15) is 0 Å². The van der Waals surface area contributed by atoms with Crippen LogP contribution in [0.1, 0.15) is 12.8 Å². The number of hydrogen-bond donors (Lipinski definition) is 1. The number of likely N-dealkylation sites (N-methyl/N-ethyl adjacent to an activating group) is 1. The molecule has 1 rings (SSSR count). The lowest BCUT2D eigenvalue weighted by molar-refractivity contribution is -0.130. The second-order valence-electron chi connectivity index (χ2n) is 4.53. The van der Waals surface area contributed by atoms with Crippen LogP contribution in [0.15, 0.2) is 0 Å². The predicted molar refractivity (Wildman–Crippen MR) is 73.2 cm³/mol. The topological polar surface area (TPSA) is 50.8 Å². The van der Waals surface area contributed by atoms with E-state index in [9.17, 15) is 4.79 Å². The van der Waals surface area contributed by atoms with E-state index in [1.165, 1.54) is 0 Å². The molecule has 1 aliphatic heterocycles. The highest BCUT2D eigenvalue weighted by molar-refractivity contribution is 5.85. The molecule has 0 radical (unpaired) electrons. The predicted octanol–water partition coefficient (Wildman–Crippen LogP) is 0.529. The molecule has 1 atom stereocenters. The Morgan fingerprint density at radius 3 is 2.94 bits per heavy atom. The fourth-order valence-electron chi connectivity index (χ4n) is 1.95. The van der Waals surface area contributed by atoms with Gasteiger partial charge >= 0.3 is 0 Å². The van der Waals surface area contributed by atoms with Gasteiger partial charge in [-0.15, -0.1) is 12.4 Å². The van der Waals surface area contributed by atoms with Crippen LogP contribution >= 0.6 is 12.4 Å². The third-order valence-corrected chi connectivity index (χ3v) is 2.97. The van der Waals surface area contributed by atoms with E-state index in [4.69, 9.17) is 9.47 Å². The molecule has 6 heteroatoms. The monoisotopic (exact) mass is 280 g/mol. The summed E-state index contributed by atoms with van der Waals surface area (Å²) in [5.41, 5.74) is 0. The number of halogens is 1. The van der Waals surface area contributed by atoms with Crippen molar-refractivity contribution < 1.29 is 14.3 Å². The smallest absolute Gasteiger partial charge is 0.236 e. The van der Waals surface area contributed by atoms with Crippen LogP contribution in [-0.2, 0) is 14.3 Å². The second kappa shape index (κ2) is 10.6. The molecule has 108 valence electrons. The molecule has 0 spiro atoms. The Bertz CT molecular complexity index is 223. The normalized spacial score (nSPS) is 19.1. The average Bonchev–Trinajstić information content (AvgIpc) is 2.35. The van der Waals surface area contributed by atoms with E-state index < -0.39 is 0 Å². The zero-order valence-electron chi connectivity index (χ0n) is 11.3. The summed E-state index contributed by atoms with van der Waals surface area (Å²) in [5, 5.41) is 3.06. The summed E-state index contributed by atoms with van der Waals surface area (Å²) in [5.74, 6) is 0.628. The largest absolute Gasteiger partial charge is 0.383 e. The fraction of sp³-hybridized carbons (Fsp3) is 0.917. The summed E-state index contributed by atoms with van der Waals surface area (Å²) in [6.45, 7) is 4.18. The SMILES string of the molecule is COCCNCC(=O)N(C)CC1CCCOC1.Cl. The van der Waals surface area contributed by atoms with E-state index in [2.05, 4.69) is 5.32 Å². The van der Waals surface area contributed by atoms with Crippen molar-refractivity contribution in [2.75, 3.05) is 53.6 Å². The Kier molecular flexibility index (Phi) is 10.3. The lowest BCUT2D eigenvalue weighted by Gasteiger charge is -2.27. The van der Waals surface area contributed by atoms with Crippen LogP contribution in [-0.4, -0.2) is 64.4 Å². The van der Waals surface area contributed by atoms with Gasteiger partial charge in [-0.3, -0.25) is 4.79 Å². The van der Waals surface area contributed by atoms with Crippen molar-refractivity contribution in [2.24, 2.45) is 5.92 Å². The molecule has 0 aromatic heterocycles. The van der Waals surface area contributed by atoms with Gasteiger partial charge in [-0.05, 0) is 18.8 Å². The summed E-state index contributed by atoms with van der Waals surface area (Å²) in [6, 6.07) is 0. The van der Waals surface area contributed by atoms with E-state index in [1.807, 2.05) is 7.05 Å². The van der Waals surface area contributed by atoms with E-state index >= 15 is 0 Å². The Labute approximate surface area is 116 Å². The lowest BCUT2D eigenvalue weighted by Crippen LogP contribution is -2.40. The Balaban J connectivity index is 0.00000289. The number of nitrogens with one attached hydrogen (secondary N) is 1. The van der Waals surface area contributed by atoms with Crippen LogP contribution in [0.5, 0.6) is 0 Å². The first kappa shape index (κ1) is 17.6. The minimum atomic E-state index is 0. The van der Waals surface area contributed by atoms with Crippen molar-refractivity contribution in [1.82, 2.24) is 10.2 Å². The quantitative estimate of drug-likeness (QED) is 0.691. The van der Waals surface area contributed by atoms with Crippen LogP contribution < -0.4 is 5.32 Å². The fourth-order valence-corrected chi connectivity index (χ4v) is 1.95. The number of methoxy groups -OCH3 is 1. The number of ether oxygens (including phenoxy) is 2. The molecule has 1 saturated heterocycles. The maximum Gasteiger partial charge on any atom is 0.236 e. The van der Waals surface area contributed by atoms with Gasteiger partial charge in [0.2, 0.25) is 5.91 Å². The van der Waals surface area contributed by atoms with Gasteiger partial charge in [0.25, 0.3) is 0 Å². The standard InChI is InChI=1S/C12H24N2O3.ClH/c1-14(9-11-4-3-6-17-10-11)12(15)8-13-5-7-16-2;/h11,13H,3-10H2,1-2H3;1H. The van der Waals surface area contributed by atoms with Crippen molar-refractivity contribution >= 4 is 18.3 Å². The molecule has 1 aliphatic rings. The molecule has 1 heterocycles. The van der Waals surface area contributed by atoms with Gasteiger partial charge in [-0.1, -0.05) is 0 Å². The van der Waals surface area contributed by atoms with Crippen LogP contribution in [0.4, 0.5) is 0 Å². The molecule has 5 nitrogen and oxygen atoms in total. The maximum atomic E-state index is 11.8. The first-order chi connectivity index (χ1) is 8.24. The molecule has 1 fully saturated rings. The first-order valence-corrected chi connectivity index (χ1v) is 6.25. The highest BCUT2D eigenvalue weighted by atomic mass is 35.5. The minimum Gasteiger partial charge on any atom is -0.383 e. The summed E-state index contributed by atoms with van der Waals surface area (Å²) in [4.78, 5) is 13.6. The highest BCUT2D eigenvalue weighted by Gasteiger charge is 2.18. The molecule has 0 saturated carbocycles. The maximum absolute atomic E-state index is 11.8. The minimum absolute atomic E-state index is 0. The van der Waals surface area contributed by atoms with E-state index in [-0.39, 0.29) is 18.3 Å². The number of nitrogens with zero attached hydrogens (tertiary/aromatic N) is 1. The summed E-state index contributed by atoms with van der Waals surface area (Å²) < 4.78 is 10.3. The number of hydrogen-bond acceptors (Lipinski definition) is 4. The molecule has 1 N–H and O–H groups in total. The molecule has 0 aromatic carbocycles. The molecule has 18 heavy (non-hydrogen) atoms. The van der Waals surface area contributed by atoms with Gasteiger partial charge in [0.15, 0.2) is 0 Å². The molecule has 0 aliphatic carbocycles. The second-order valence-corrected chi connectivity index (χ2v) is 4.53. The Morgan fingerprint density at radius 1 is 1.56 bits per heavy atom. The van der Waals surface area contributed by atoms with E-state index in [0.29, 0.717) is 25.6 Å². The van der Waals surface area contributed by atoms with Crippen molar-refractivity contribution in [3.05, 3.63) is 0 Å². The molecular formula is C12H25ClN2O3. The number of carbonyl (C=O) groups excluding carboxylic acids is 1. The Morgan fingerprint density at radius 2 is 2.33 bits per heavy atom. The van der Waals surface area contributed by atoms with Crippen LogP contribution in [0.3, 0.4) is 0 Å². The summed E-state index contributed by atoms with van der Waals surface area (Å²) in [6.07, 6.45) is 2.27. The van der Waals surface area contributed by atoms with Crippen molar-refractivity contribution in [2.45, 2.75) is 12.8 Å². The summed E-state index contributed by atoms with van der Waals surface area (Å²) >= 11 is 0. The van der Waals surface area contributed by atoms with Gasteiger partial charge in [0.05, 0.1) is 19.8 Å². The van der Waals surface area contributed by atoms with Gasteiger partial charge in [0, 0.05) is 33.9 Å². The van der Waals surface area contributed by atoms with Crippen molar-refractivity contribution in [3.63, 3.8) is 0 Å². The zero-order chi connectivity index (χ0) is 12.5. The first-order valence-electron chi connectivity index (χ1n) is 6.25. The molecule has 0 bridgehead atoms. The van der Waals surface area contributed by atoms with Crippen LogP contribution in [0, 0.1) is 5.92 Å². The number of carbonyl (C=O) groups is 1. The van der Waals surface area contributed by atoms with Crippen LogP contribution in [0.25, 0.3) is 0 Å². The van der Waals surface area contributed by atoms with Gasteiger partial charge in [0.1, 0.15) is 0 Å². The molecule has 1 amide bonds. The third-order valence-electron chi connectivity index (χ3n) is 2.97. The molecule has 0 aromatic rings. The molecule has 1 unspecified atom stereocenters. The van der Waals surface area contributed by atoms with Crippen molar-refractivity contribution in [1.29, 1.82) is 0 Å². The number of amides is 1. The third kappa shape index (κ3) is 7.16. The summed E-state index contributed by atoms with van der Waals surface area (Å²) in [7, 11) is 3.51. The van der Waals surface area contributed by atoms with Crippen LogP contribution in [0.2, 0.25) is 0 Å². The number of rotatable bonds is 7. The lowest BCUT2D eigenvalue weighted by atomic mass is 10.0. The van der Waals surface area contributed by atoms with Gasteiger partial charge in [-0.25, -0.2) is 0 Å². The van der Waals surface area contributed by atoms with Gasteiger partial charge < -0.3 is 19.7 Å². The van der Waals surface area contributed by atoms with Crippen molar-refractivity contribution in [3.8, 4) is 0 Å².